The van der Waals surface area contributed by atoms with Crippen LogP contribution in [0.4, 0.5) is 0 Å². The number of hydrogen-bond donors (Lipinski definition) is 2. The standard InChI is InChI=1S/C10H12N2O5/c1-10(2)9(17)11-6(13)5-12(10)7(14)3-4-8(15)16/h3-4H,5H2,1-2H3,(H,15,16)(H,11,13,17). The molecule has 1 rings (SSSR count). The number of carboxylic acid groups (broad SMARTS) is 1. The molecule has 1 fully saturated rings. The topological polar surface area (TPSA) is 104 Å². The van der Waals surface area contributed by atoms with Gasteiger partial charge in [0.2, 0.25) is 11.8 Å². The molecule has 0 unspecified atom stereocenters. The summed E-state index contributed by atoms with van der Waals surface area (Å²) in [6, 6.07) is 0. The third-order valence-electron chi connectivity index (χ3n) is 2.42. The molecule has 0 aromatic rings. The Kier molecular flexibility index (Phi) is 3.31. The molecule has 0 aromatic carbocycles. The Bertz CT molecular complexity index is 424. The van der Waals surface area contributed by atoms with E-state index in [1.54, 1.807) is 0 Å². The van der Waals surface area contributed by atoms with Crippen molar-refractivity contribution < 1.29 is 24.3 Å². The maximum Gasteiger partial charge on any atom is 0.328 e. The molecule has 7 heteroatoms. The summed E-state index contributed by atoms with van der Waals surface area (Å²) in [6.07, 6.45) is 1.48. The minimum Gasteiger partial charge on any atom is -0.478 e. The van der Waals surface area contributed by atoms with E-state index in [0.717, 1.165) is 11.0 Å². The Morgan fingerprint density at radius 2 is 1.94 bits per heavy atom. The van der Waals surface area contributed by atoms with E-state index < -0.39 is 29.2 Å². The van der Waals surface area contributed by atoms with Gasteiger partial charge in [0, 0.05) is 12.2 Å². The van der Waals surface area contributed by atoms with E-state index in [0.29, 0.717) is 6.08 Å². The molecule has 0 aromatic heterocycles. The van der Waals surface area contributed by atoms with Crippen molar-refractivity contribution in [2.75, 3.05) is 6.54 Å². The molecule has 1 heterocycles. The number of nitrogens with zero attached hydrogens (tertiary/aromatic N) is 1. The van der Waals surface area contributed by atoms with E-state index in [9.17, 15) is 19.2 Å². The van der Waals surface area contributed by atoms with Gasteiger partial charge in [-0.2, -0.15) is 0 Å². The van der Waals surface area contributed by atoms with Crippen molar-refractivity contribution in [2.45, 2.75) is 19.4 Å². The number of rotatable bonds is 2. The Morgan fingerprint density at radius 1 is 1.35 bits per heavy atom. The molecule has 1 aliphatic rings. The summed E-state index contributed by atoms with van der Waals surface area (Å²) in [6.45, 7) is 2.67. The highest BCUT2D eigenvalue weighted by atomic mass is 16.4. The van der Waals surface area contributed by atoms with Crippen molar-refractivity contribution in [3.8, 4) is 0 Å². The van der Waals surface area contributed by atoms with Crippen molar-refractivity contribution in [1.82, 2.24) is 10.2 Å². The predicted octanol–water partition coefficient (Wildman–Crippen LogP) is -1.11. The highest BCUT2D eigenvalue weighted by molar-refractivity contribution is 6.08. The third kappa shape index (κ3) is 2.68. The minimum absolute atomic E-state index is 0.276. The van der Waals surface area contributed by atoms with Gasteiger partial charge in [-0.25, -0.2) is 4.79 Å². The van der Waals surface area contributed by atoms with Crippen LogP contribution in [0.25, 0.3) is 0 Å². The van der Waals surface area contributed by atoms with E-state index in [4.69, 9.17) is 5.11 Å². The first-order chi connectivity index (χ1) is 7.75. The van der Waals surface area contributed by atoms with Crippen LogP contribution in [0.5, 0.6) is 0 Å². The Balaban J connectivity index is 2.94. The zero-order chi connectivity index (χ0) is 13.2. The van der Waals surface area contributed by atoms with Crippen molar-refractivity contribution in [2.24, 2.45) is 0 Å². The van der Waals surface area contributed by atoms with Gasteiger partial charge in [-0.3, -0.25) is 19.7 Å². The highest BCUT2D eigenvalue weighted by Crippen LogP contribution is 2.18. The van der Waals surface area contributed by atoms with Crippen molar-refractivity contribution in [1.29, 1.82) is 0 Å². The van der Waals surface area contributed by atoms with Crippen LogP contribution in [-0.2, 0) is 19.2 Å². The van der Waals surface area contributed by atoms with E-state index in [2.05, 4.69) is 5.32 Å². The first-order valence-electron chi connectivity index (χ1n) is 4.82. The summed E-state index contributed by atoms with van der Waals surface area (Å²) in [4.78, 5) is 45.6. The quantitative estimate of drug-likeness (QED) is 0.470. The molecular formula is C10H12N2O5. The number of amides is 3. The average molecular weight is 240 g/mol. The maximum absolute atomic E-state index is 11.7. The van der Waals surface area contributed by atoms with Crippen LogP contribution in [-0.4, -0.2) is 45.8 Å². The van der Waals surface area contributed by atoms with E-state index in [-0.39, 0.29) is 6.54 Å². The summed E-state index contributed by atoms with van der Waals surface area (Å²) in [5.74, 6) is -3.15. The zero-order valence-corrected chi connectivity index (χ0v) is 9.39. The predicted molar refractivity (Wildman–Crippen MR) is 55.7 cm³/mol. The van der Waals surface area contributed by atoms with Crippen LogP contribution in [0.1, 0.15) is 13.8 Å². The number of hydrogen-bond acceptors (Lipinski definition) is 4. The van der Waals surface area contributed by atoms with Gasteiger partial charge in [0.25, 0.3) is 5.91 Å². The monoisotopic (exact) mass is 240 g/mol. The summed E-state index contributed by atoms with van der Waals surface area (Å²) < 4.78 is 0. The summed E-state index contributed by atoms with van der Waals surface area (Å²) in [5.41, 5.74) is -1.19. The average Bonchev–Trinajstić information content (AvgIpc) is 2.20. The van der Waals surface area contributed by atoms with Gasteiger partial charge in [0.05, 0.1) is 0 Å². The molecule has 1 saturated heterocycles. The maximum atomic E-state index is 11.7. The fraction of sp³-hybridized carbons (Fsp3) is 0.400. The second kappa shape index (κ2) is 4.36. The molecule has 1 aliphatic heterocycles. The Hall–Kier alpha value is -2.18. The molecule has 0 bridgehead atoms. The second-order valence-electron chi connectivity index (χ2n) is 4.03. The zero-order valence-electron chi connectivity index (χ0n) is 9.39. The van der Waals surface area contributed by atoms with Crippen LogP contribution in [0.15, 0.2) is 12.2 Å². The fourth-order valence-corrected chi connectivity index (χ4v) is 1.37. The first kappa shape index (κ1) is 12.9. The van der Waals surface area contributed by atoms with Gasteiger partial charge in [0.1, 0.15) is 12.1 Å². The van der Waals surface area contributed by atoms with Crippen LogP contribution in [0.3, 0.4) is 0 Å². The number of carboxylic acids is 1. The Morgan fingerprint density at radius 3 is 2.47 bits per heavy atom. The normalized spacial score (nSPS) is 19.3. The molecule has 0 atom stereocenters. The van der Waals surface area contributed by atoms with Crippen LogP contribution in [0.2, 0.25) is 0 Å². The van der Waals surface area contributed by atoms with Gasteiger partial charge in [0.15, 0.2) is 0 Å². The first-order valence-corrected chi connectivity index (χ1v) is 4.82. The molecule has 17 heavy (non-hydrogen) atoms. The van der Waals surface area contributed by atoms with Crippen LogP contribution in [0, 0.1) is 0 Å². The molecule has 0 aliphatic carbocycles. The van der Waals surface area contributed by atoms with Crippen LogP contribution >= 0.6 is 0 Å². The lowest BCUT2D eigenvalue weighted by Gasteiger charge is -2.39. The van der Waals surface area contributed by atoms with Gasteiger partial charge < -0.3 is 10.0 Å². The molecular weight excluding hydrogens is 228 g/mol. The number of nitrogens with one attached hydrogen (secondary N) is 1. The summed E-state index contributed by atoms with van der Waals surface area (Å²) in [5, 5.41) is 10.5. The van der Waals surface area contributed by atoms with E-state index >= 15 is 0 Å². The number of imide groups is 1. The lowest BCUT2D eigenvalue weighted by molar-refractivity contribution is -0.153. The van der Waals surface area contributed by atoms with Gasteiger partial charge >= 0.3 is 5.97 Å². The molecule has 0 spiro atoms. The number of carbonyl (C=O) groups excluding carboxylic acids is 3. The summed E-state index contributed by atoms with van der Waals surface area (Å²) in [7, 11) is 0. The number of piperazine rings is 1. The van der Waals surface area contributed by atoms with Gasteiger partial charge in [-0.05, 0) is 13.8 Å². The SMILES string of the molecule is CC1(C)C(=O)NC(=O)CN1C(=O)C=CC(=O)O. The molecule has 0 saturated carbocycles. The lowest BCUT2D eigenvalue weighted by Crippen LogP contribution is -2.65. The summed E-state index contributed by atoms with van der Waals surface area (Å²) >= 11 is 0. The third-order valence-corrected chi connectivity index (χ3v) is 2.42. The van der Waals surface area contributed by atoms with Crippen LogP contribution < -0.4 is 5.32 Å². The minimum atomic E-state index is -1.27. The smallest absolute Gasteiger partial charge is 0.328 e. The van der Waals surface area contributed by atoms with E-state index in [1.807, 2.05) is 0 Å². The second-order valence-corrected chi connectivity index (χ2v) is 4.03. The number of aliphatic carboxylic acids is 1. The molecule has 7 nitrogen and oxygen atoms in total. The van der Waals surface area contributed by atoms with Crippen molar-refractivity contribution in [3.05, 3.63) is 12.2 Å². The molecule has 0 radical (unpaired) electrons. The highest BCUT2D eigenvalue weighted by Gasteiger charge is 2.42. The van der Waals surface area contributed by atoms with Gasteiger partial charge in [-0.1, -0.05) is 0 Å². The van der Waals surface area contributed by atoms with Crippen molar-refractivity contribution in [3.63, 3.8) is 0 Å². The largest absolute Gasteiger partial charge is 0.478 e. The number of carbonyl (C=O) groups is 4. The molecule has 2 N–H and O–H groups in total. The van der Waals surface area contributed by atoms with Crippen molar-refractivity contribution >= 4 is 23.7 Å². The fourth-order valence-electron chi connectivity index (χ4n) is 1.37. The van der Waals surface area contributed by atoms with Gasteiger partial charge in [-0.15, -0.1) is 0 Å². The Labute approximate surface area is 97.1 Å². The molecule has 92 valence electrons. The van der Waals surface area contributed by atoms with E-state index in [1.165, 1.54) is 13.8 Å². The molecule has 3 amide bonds. The lowest BCUT2D eigenvalue weighted by atomic mass is 9.98.